The molecule has 2 aromatic carbocycles. The van der Waals surface area contributed by atoms with Crippen LogP contribution in [0.5, 0.6) is 0 Å². The van der Waals surface area contributed by atoms with E-state index in [4.69, 9.17) is 11.6 Å². The van der Waals surface area contributed by atoms with Crippen molar-refractivity contribution in [2.45, 2.75) is 0 Å². The highest BCUT2D eigenvalue weighted by atomic mass is 35.5. The molecule has 1 aromatic heterocycles. The number of benzene rings is 2. The van der Waals surface area contributed by atoms with Crippen molar-refractivity contribution in [3.05, 3.63) is 89.1 Å². The van der Waals surface area contributed by atoms with E-state index in [1.54, 1.807) is 59.3 Å². The zero-order valence-corrected chi connectivity index (χ0v) is 14.7. The molecule has 3 aromatic rings. The van der Waals surface area contributed by atoms with E-state index in [2.05, 4.69) is 5.32 Å². The quantitative estimate of drug-likeness (QED) is 0.541. The van der Waals surface area contributed by atoms with E-state index in [0.29, 0.717) is 22.1 Å². The first-order valence-electron chi connectivity index (χ1n) is 8.09. The first-order valence-corrected chi connectivity index (χ1v) is 8.47. The van der Waals surface area contributed by atoms with Gasteiger partial charge in [0.15, 0.2) is 0 Å². The molecule has 2 heterocycles. The van der Waals surface area contributed by atoms with Crippen LogP contribution in [0.4, 0.5) is 14.9 Å². The molecular formula is C20H13ClFN3O2. The number of urea groups is 1. The Morgan fingerprint density at radius 3 is 2.59 bits per heavy atom. The first kappa shape index (κ1) is 17.1. The van der Waals surface area contributed by atoms with Gasteiger partial charge in [-0.05, 0) is 48.5 Å². The lowest BCUT2D eigenvalue weighted by atomic mass is 10.2. The number of carbonyl (C=O) groups is 2. The second kappa shape index (κ2) is 6.74. The molecule has 27 heavy (non-hydrogen) atoms. The van der Waals surface area contributed by atoms with Crippen LogP contribution in [0, 0.1) is 5.82 Å². The minimum absolute atomic E-state index is 0.0938. The maximum Gasteiger partial charge on any atom is 0.333 e. The Hall–Kier alpha value is -3.38. The normalized spacial score (nSPS) is 15.5. The van der Waals surface area contributed by atoms with Gasteiger partial charge in [0.05, 0.1) is 11.4 Å². The highest BCUT2D eigenvalue weighted by Crippen LogP contribution is 2.25. The monoisotopic (exact) mass is 381 g/mol. The van der Waals surface area contributed by atoms with Gasteiger partial charge in [-0.2, -0.15) is 0 Å². The number of hydrogen-bond acceptors (Lipinski definition) is 2. The van der Waals surface area contributed by atoms with Crippen LogP contribution in [0.3, 0.4) is 0 Å². The van der Waals surface area contributed by atoms with Crippen molar-refractivity contribution in [1.82, 2.24) is 9.88 Å². The van der Waals surface area contributed by atoms with Crippen molar-refractivity contribution >= 4 is 35.3 Å². The summed E-state index contributed by atoms with van der Waals surface area (Å²) in [6, 6.07) is 15.7. The van der Waals surface area contributed by atoms with Gasteiger partial charge in [-0.25, -0.2) is 14.1 Å². The fourth-order valence-corrected chi connectivity index (χ4v) is 3.10. The van der Waals surface area contributed by atoms with Crippen molar-refractivity contribution in [2.24, 2.45) is 0 Å². The number of halogens is 2. The van der Waals surface area contributed by atoms with Gasteiger partial charge in [0, 0.05) is 16.9 Å². The molecule has 0 radical (unpaired) electrons. The Bertz CT molecular complexity index is 1090. The molecule has 0 saturated carbocycles. The van der Waals surface area contributed by atoms with Crippen LogP contribution >= 0.6 is 11.6 Å². The lowest BCUT2D eigenvalue weighted by Crippen LogP contribution is -2.30. The summed E-state index contributed by atoms with van der Waals surface area (Å²) < 4.78 is 15.7. The third-order valence-corrected chi connectivity index (χ3v) is 4.36. The lowest BCUT2D eigenvalue weighted by Gasteiger charge is -2.11. The van der Waals surface area contributed by atoms with Gasteiger partial charge in [0.25, 0.3) is 5.91 Å². The van der Waals surface area contributed by atoms with Crippen LogP contribution in [-0.2, 0) is 4.79 Å². The third-order valence-electron chi connectivity index (χ3n) is 4.13. The van der Waals surface area contributed by atoms with Gasteiger partial charge in [-0.3, -0.25) is 4.79 Å². The van der Waals surface area contributed by atoms with Gasteiger partial charge < -0.3 is 9.88 Å². The highest BCUT2D eigenvalue weighted by Gasteiger charge is 2.35. The van der Waals surface area contributed by atoms with E-state index >= 15 is 0 Å². The fraction of sp³-hybridized carbons (Fsp3) is 0. The first-order chi connectivity index (χ1) is 13.0. The number of nitrogens with zero attached hydrogens (tertiary/aromatic N) is 2. The summed E-state index contributed by atoms with van der Waals surface area (Å²) in [5.41, 5.74) is 1.36. The van der Waals surface area contributed by atoms with Crippen molar-refractivity contribution in [1.29, 1.82) is 0 Å². The molecule has 1 fully saturated rings. The Morgan fingerprint density at radius 2 is 1.81 bits per heavy atom. The number of aromatic nitrogens is 1. The number of imide groups is 1. The number of hydrogen-bond donors (Lipinski definition) is 1. The van der Waals surface area contributed by atoms with Gasteiger partial charge in [-0.1, -0.05) is 29.8 Å². The SMILES string of the molecule is O=C1N/C(=C/c2cccn2-c2ccccc2F)C(=O)N1c1cccc(Cl)c1. The zero-order chi connectivity index (χ0) is 19.0. The number of amides is 3. The van der Waals surface area contributed by atoms with Crippen LogP contribution in [0.2, 0.25) is 5.02 Å². The number of para-hydroxylation sites is 1. The average Bonchev–Trinajstić information content (AvgIpc) is 3.20. The molecule has 0 spiro atoms. The van der Waals surface area contributed by atoms with E-state index in [1.807, 2.05) is 0 Å². The van der Waals surface area contributed by atoms with E-state index in [9.17, 15) is 14.0 Å². The Balaban J connectivity index is 1.71. The maximum absolute atomic E-state index is 14.1. The standard InChI is InChI=1S/C20H13ClFN3O2/c21-13-5-3-6-15(11-13)25-19(26)17(23-20(25)27)12-14-7-4-10-24(14)18-9-2-1-8-16(18)22/h1-12H,(H,23,27)/b17-12+. The van der Waals surface area contributed by atoms with E-state index in [-0.39, 0.29) is 5.70 Å². The van der Waals surface area contributed by atoms with Crippen molar-refractivity contribution < 1.29 is 14.0 Å². The van der Waals surface area contributed by atoms with Crippen LogP contribution in [0.25, 0.3) is 11.8 Å². The van der Waals surface area contributed by atoms with Gasteiger partial charge in [0.2, 0.25) is 0 Å². The molecule has 1 aliphatic heterocycles. The topological polar surface area (TPSA) is 54.3 Å². The maximum atomic E-state index is 14.1. The van der Waals surface area contributed by atoms with Crippen molar-refractivity contribution in [3.63, 3.8) is 0 Å². The molecule has 0 atom stereocenters. The van der Waals surface area contributed by atoms with Gasteiger partial charge >= 0.3 is 6.03 Å². The predicted octanol–water partition coefficient (Wildman–Crippen LogP) is 4.37. The molecule has 4 rings (SSSR count). The summed E-state index contributed by atoms with van der Waals surface area (Å²) in [5, 5.41) is 2.97. The second-order valence-electron chi connectivity index (χ2n) is 5.86. The molecule has 134 valence electrons. The zero-order valence-electron chi connectivity index (χ0n) is 13.9. The molecule has 0 bridgehead atoms. The van der Waals surface area contributed by atoms with E-state index in [1.165, 1.54) is 18.2 Å². The molecule has 1 N–H and O–H groups in total. The van der Waals surface area contributed by atoms with Crippen molar-refractivity contribution in [2.75, 3.05) is 4.90 Å². The van der Waals surface area contributed by atoms with Gasteiger partial charge in [0.1, 0.15) is 11.5 Å². The summed E-state index contributed by atoms with van der Waals surface area (Å²) >= 11 is 5.95. The summed E-state index contributed by atoms with van der Waals surface area (Å²) in [7, 11) is 0. The van der Waals surface area contributed by atoms with E-state index < -0.39 is 17.8 Å². The minimum Gasteiger partial charge on any atom is -0.314 e. The van der Waals surface area contributed by atoms with Crippen LogP contribution in [0.15, 0.2) is 72.6 Å². The highest BCUT2D eigenvalue weighted by molar-refractivity contribution is 6.32. The third kappa shape index (κ3) is 3.11. The Labute approximate surface area is 159 Å². The molecule has 0 aliphatic carbocycles. The number of carbonyl (C=O) groups excluding carboxylic acids is 2. The molecule has 7 heteroatoms. The Morgan fingerprint density at radius 1 is 1.00 bits per heavy atom. The number of rotatable bonds is 3. The van der Waals surface area contributed by atoms with Crippen LogP contribution < -0.4 is 10.2 Å². The van der Waals surface area contributed by atoms with Crippen LogP contribution in [0.1, 0.15) is 5.69 Å². The smallest absolute Gasteiger partial charge is 0.314 e. The molecule has 1 aliphatic rings. The number of anilines is 1. The van der Waals surface area contributed by atoms with Crippen molar-refractivity contribution in [3.8, 4) is 5.69 Å². The summed E-state index contributed by atoms with van der Waals surface area (Å²) in [4.78, 5) is 26.0. The second-order valence-corrected chi connectivity index (χ2v) is 6.30. The molecule has 0 unspecified atom stereocenters. The Kier molecular flexibility index (Phi) is 4.25. The minimum atomic E-state index is -0.572. The summed E-state index contributed by atoms with van der Waals surface area (Å²) in [6.07, 6.45) is 3.19. The summed E-state index contributed by atoms with van der Waals surface area (Å²) in [5.74, 6) is -0.903. The molecule has 1 saturated heterocycles. The fourth-order valence-electron chi connectivity index (χ4n) is 2.91. The number of nitrogens with one attached hydrogen (secondary N) is 1. The molecule has 3 amide bonds. The largest absolute Gasteiger partial charge is 0.333 e. The summed E-state index contributed by atoms with van der Waals surface area (Å²) in [6.45, 7) is 0. The predicted molar refractivity (Wildman–Crippen MR) is 101 cm³/mol. The van der Waals surface area contributed by atoms with E-state index in [0.717, 1.165) is 4.90 Å². The molecule has 5 nitrogen and oxygen atoms in total. The molecular weight excluding hydrogens is 369 g/mol. The van der Waals surface area contributed by atoms with Gasteiger partial charge in [-0.15, -0.1) is 0 Å². The lowest BCUT2D eigenvalue weighted by molar-refractivity contribution is -0.113. The van der Waals surface area contributed by atoms with Crippen LogP contribution in [-0.4, -0.2) is 16.5 Å². The average molecular weight is 382 g/mol.